The molecule has 0 saturated carbocycles. The van der Waals surface area contributed by atoms with Crippen molar-refractivity contribution in [1.82, 2.24) is 9.88 Å². The van der Waals surface area contributed by atoms with E-state index in [9.17, 15) is 13.2 Å². The first-order valence-electron chi connectivity index (χ1n) is 7.18. The van der Waals surface area contributed by atoms with Crippen molar-refractivity contribution in [3.63, 3.8) is 0 Å². The van der Waals surface area contributed by atoms with Gasteiger partial charge in [0, 0.05) is 18.4 Å². The summed E-state index contributed by atoms with van der Waals surface area (Å²) in [6.07, 6.45) is 4.70. The molecular formula is C15H18N2O3S2. The summed E-state index contributed by atoms with van der Waals surface area (Å²) >= 11 is 1.60. The summed E-state index contributed by atoms with van der Waals surface area (Å²) in [5, 5.41) is 6.89. The molecule has 3 heterocycles. The summed E-state index contributed by atoms with van der Waals surface area (Å²) in [6, 6.07) is 5.58. The molecule has 0 spiro atoms. The molecule has 2 aromatic heterocycles. The number of amides is 1. The summed E-state index contributed by atoms with van der Waals surface area (Å²) in [5.41, 5.74) is 1.09. The molecule has 0 aliphatic carbocycles. The van der Waals surface area contributed by atoms with Gasteiger partial charge in [0.15, 0.2) is 9.84 Å². The average Bonchev–Trinajstić information content (AvgIpc) is 3.17. The number of rotatable bonds is 5. The molecule has 2 atom stereocenters. The lowest BCUT2D eigenvalue weighted by Gasteiger charge is -2.19. The molecule has 3 rings (SSSR count). The highest BCUT2D eigenvalue weighted by molar-refractivity contribution is 7.91. The van der Waals surface area contributed by atoms with Gasteiger partial charge in [-0.15, -0.1) is 0 Å². The Balaban J connectivity index is 1.68. The lowest BCUT2D eigenvalue weighted by Crippen LogP contribution is -2.36. The maximum atomic E-state index is 12.3. The third-order valence-corrected chi connectivity index (χ3v) is 6.36. The van der Waals surface area contributed by atoms with Crippen molar-refractivity contribution in [2.45, 2.75) is 24.9 Å². The monoisotopic (exact) mass is 338 g/mol. The molecule has 118 valence electrons. The average molecular weight is 338 g/mol. The Bertz CT molecular complexity index is 687. The predicted molar refractivity (Wildman–Crippen MR) is 86.7 cm³/mol. The molecule has 0 aromatic carbocycles. The molecule has 1 saturated heterocycles. The second-order valence-corrected chi connectivity index (χ2v) is 8.58. The number of nitrogens with zero attached hydrogens (tertiary/aromatic N) is 1. The SMILES string of the molecule is O=C(C[C@@H](c1ccsc1)n1cccc1)N[C@H]1CCS(=O)(=O)C1. The van der Waals surface area contributed by atoms with Gasteiger partial charge < -0.3 is 9.88 Å². The Morgan fingerprint density at radius 3 is 2.77 bits per heavy atom. The van der Waals surface area contributed by atoms with Gasteiger partial charge >= 0.3 is 0 Å². The molecule has 0 unspecified atom stereocenters. The second-order valence-electron chi connectivity index (χ2n) is 5.57. The quantitative estimate of drug-likeness (QED) is 0.904. The van der Waals surface area contributed by atoms with E-state index in [0.717, 1.165) is 5.56 Å². The summed E-state index contributed by atoms with van der Waals surface area (Å²) in [5.74, 6) is 0.126. The zero-order chi connectivity index (χ0) is 15.6. The van der Waals surface area contributed by atoms with Gasteiger partial charge in [-0.3, -0.25) is 4.79 Å². The minimum Gasteiger partial charge on any atom is -0.352 e. The van der Waals surface area contributed by atoms with Crippen LogP contribution in [0.4, 0.5) is 0 Å². The number of hydrogen-bond acceptors (Lipinski definition) is 4. The molecule has 5 nitrogen and oxygen atoms in total. The van der Waals surface area contributed by atoms with E-state index >= 15 is 0 Å². The standard InChI is InChI=1S/C15H18N2O3S2/c18-15(16-13-4-8-22(19,20)11-13)9-14(12-3-7-21-10-12)17-5-1-2-6-17/h1-3,5-7,10,13-14H,4,8-9,11H2,(H,16,18)/t13-,14-/m0/s1. The van der Waals surface area contributed by atoms with Crippen LogP contribution in [0, 0.1) is 0 Å². The number of nitrogens with one attached hydrogen (secondary N) is 1. The fourth-order valence-corrected chi connectivity index (χ4v) is 5.17. The molecule has 1 fully saturated rings. The van der Waals surface area contributed by atoms with Gasteiger partial charge in [-0.05, 0) is 40.9 Å². The molecular weight excluding hydrogens is 320 g/mol. The Morgan fingerprint density at radius 2 is 2.18 bits per heavy atom. The van der Waals surface area contributed by atoms with Gasteiger partial charge in [-0.25, -0.2) is 8.42 Å². The van der Waals surface area contributed by atoms with Crippen LogP contribution in [0.3, 0.4) is 0 Å². The lowest BCUT2D eigenvalue weighted by molar-refractivity contribution is -0.122. The van der Waals surface area contributed by atoms with Crippen LogP contribution in [0.1, 0.15) is 24.4 Å². The highest BCUT2D eigenvalue weighted by Crippen LogP contribution is 2.24. The zero-order valence-corrected chi connectivity index (χ0v) is 13.6. The number of carbonyl (C=O) groups is 1. The van der Waals surface area contributed by atoms with Crippen LogP contribution < -0.4 is 5.32 Å². The van der Waals surface area contributed by atoms with E-state index in [1.54, 1.807) is 11.3 Å². The Morgan fingerprint density at radius 1 is 1.41 bits per heavy atom. The predicted octanol–water partition coefficient (Wildman–Crippen LogP) is 1.83. The van der Waals surface area contributed by atoms with Gasteiger partial charge in [-0.2, -0.15) is 11.3 Å². The minimum atomic E-state index is -2.97. The van der Waals surface area contributed by atoms with E-state index < -0.39 is 9.84 Å². The van der Waals surface area contributed by atoms with E-state index in [2.05, 4.69) is 5.32 Å². The first-order chi connectivity index (χ1) is 10.5. The zero-order valence-electron chi connectivity index (χ0n) is 12.0. The summed E-state index contributed by atoms with van der Waals surface area (Å²) in [6.45, 7) is 0. The summed E-state index contributed by atoms with van der Waals surface area (Å²) in [7, 11) is -2.97. The van der Waals surface area contributed by atoms with Crippen LogP contribution in [0.5, 0.6) is 0 Å². The highest BCUT2D eigenvalue weighted by atomic mass is 32.2. The molecule has 1 amide bonds. The number of hydrogen-bond donors (Lipinski definition) is 1. The van der Waals surface area contributed by atoms with Crippen molar-refractivity contribution in [2.75, 3.05) is 11.5 Å². The highest BCUT2D eigenvalue weighted by Gasteiger charge is 2.29. The van der Waals surface area contributed by atoms with Gasteiger partial charge in [-0.1, -0.05) is 0 Å². The lowest BCUT2D eigenvalue weighted by atomic mass is 10.1. The van der Waals surface area contributed by atoms with E-state index in [-0.39, 0.29) is 29.5 Å². The number of aromatic nitrogens is 1. The Kier molecular flexibility index (Phi) is 4.35. The second kappa shape index (κ2) is 6.26. The molecule has 7 heteroatoms. The molecule has 1 aliphatic rings. The first kappa shape index (κ1) is 15.3. The third-order valence-electron chi connectivity index (χ3n) is 3.89. The van der Waals surface area contributed by atoms with E-state index in [4.69, 9.17) is 0 Å². The molecule has 0 bridgehead atoms. The van der Waals surface area contributed by atoms with Crippen LogP contribution in [-0.4, -0.2) is 36.4 Å². The Hall–Kier alpha value is -1.60. The molecule has 1 aliphatic heterocycles. The number of carbonyl (C=O) groups excluding carboxylic acids is 1. The van der Waals surface area contributed by atoms with Crippen molar-refractivity contribution in [1.29, 1.82) is 0 Å². The van der Waals surface area contributed by atoms with Crippen molar-refractivity contribution < 1.29 is 13.2 Å². The van der Waals surface area contributed by atoms with E-state index in [1.807, 2.05) is 45.9 Å². The topological polar surface area (TPSA) is 68.2 Å². The largest absolute Gasteiger partial charge is 0.352 e. The van der Waals surface area contributed by atoms with Gasteiger partial charge in [0.1, 0.15) is 0 Å². The molecule has 0 radical (unpaired) electrons. The van der Waals surface area contributed by atoms with Crippen molar-refractivity contribution >= 4 is 27.1 Å². The minimum absolute atomic E-state index is 0.0562. The fraction of sp³-hybridized carbons (Fsp3) is 0.400. The Labute approximate surface area is 133 Å². The first-order valence-corrected chi connectivity index (χ1v) is 9.94. The third kappa shape index (κ3) is 3.59. The van der Waals surface area contributed by atoms with Gasteiger partial charge in [0.2, 0.25) is 5.91 Å². The maximum absolute atomic E-state index is 12.3. The summed E-state index contributed by atoms with van der Waals surface area (Å²) < 4.78 is 24.9. The van der Waals surface area contributed by atoms with Crippen LogP contribution in [0.25, 0.3) is 0 Å². The van der Waals surface area contributed by atoms with Crippen molar-refractivity contribution in [3.8, 4) is 0 Å². The van der Waals surface area contributed by atoms with E-state index in [0.29, 0.717) is 12.8 Å². The van der Waals surface area contributed by atoms with Crippen LogP contribution in [0.15, 0.2) is 41.4 Å². The van der Waals surface area contributed by atoms with Crippen molar-refractivity contribution in [2.24, 2.45) is 0 Å². The van der Waals surface area contributed by atoms with Gasteiger partial charge in [0.05, 0.1) is 24.0 Å². The van der Waals surface area contributed by atoms with Crippen LogP contribution >= 0.6 is 11.3 Å². The molecule has 22 heavy (non-hydrogen) atoms. The van der Waals surface area contributed by atoms with Crippen molar-refractivity contribution in [3.05, 3.63) is 46.9 Å². The molecule has 1 N–H and O–H groups in total. The van der Waals surface area contributed by atoms with Crippen LogP contribution in [-0.2, 0) is 14.6 Å². The van der Waals surface area contributed by atoms with Gasteiger partial charge in [0.25, 0.3) is 0 Å². The molecule has 2 aromatic rings. The van der Waals surface area contributed by atoms with Crippen LogP contribution in [0.2, 0.25) is 0 Å². The van der Waals surface area contributed by atoms with E-state index in [1.165, 1.54) is 0 Å². The smallest absolute Gasteiger partial charge is 0.222 e. The fourth-order valence-electron chi connectivity index (χ4n) is 2.79. The summed E-state index contributed by atoms with van der Waals surface area (Å²) in [4.78, 5) is 12.3. The normalized spacial score (nSPS) is 21.5. The maximum Gasteiger partial charge on any atom is 0.222 e. The number of thiophene rings is 1. The number of sulfone groups is 1.